The number of carbonyl (C=O) groups excluding carboxylic acids is 3. The van der Waals surface area contributed by atoms with Gasteiger partial charge in [-0.15, -0.1) is 11.3 Å². The number of benzene rings is 2. The Morgan fingerprint density at radius 2 is 1.80 bits per heavy atom. The number of ether oxygens (including phenoxy) is 3. The van der Waals surface area contributed by atoms with Gasteiger partial charge in [0.25, 0.3) is 0 Å². The molecular weight excluding hydrogens is 897 g/mol. The number of hydrogen-bond acceptors (Lipinski definition) is 11. The topological polar surface area (TPSA) is 181 Å². The van der Waals surface area contributed by atoms with Gasteiger partial charge in [-0.05, 0) is 89.0 Å². The van der Waals surface area contributed by atoms with Gasteiger partial charge in [0.15, 0.2) is 5.13 Å². The highest BCUT2D eigenvalue weighted by atomic mass is 32.1. The van der Waals surface area contributed by atoms with Crippen molar-refractivity contribution in [3.63, 3.8) is 0 Å². The number of pyridine rings is 1. The summed E-state index contributed by atoms with van der Waals surface area (Å²) < 4.78 is 75.1. The number of fused-ring (bicyclic) bond motifs is 3. The first-order valence-electron chi connectivity index (χ1n) is 22.6. The fourth-order valence-electron chi connectivity index (χ4n) is 9.37. The fraction of sp³-hybridized carbons (Fsp3) is 0.511. The van der Waals surface area contributed by atoms with Crippen molar-refractivity contribution in [2.75, 3.05) is 19.0 Å². The number of methoxy groups -OCH3 is 1. The summed E-state index contributed by atoms with van der Waals surface area (Å²) in [5.41, 5.74) is 0.249. The summed E-state index contributed by atoms with van der Waals surface area (Å²) in [5, 5.41) is 10.3. The van der Waals surface area contributed by atoms with Crippen LogP contribution < -0.4 is 25.4 Å². The van der Waals surface area contributed by atoms with Crippen LogP contribution in [0.4, 0.5) is 23.1 Å². The monoisotopic (exact) mass is 952 g/mol. The molecule has 4 N–H and O–H groups in total. The molecule has 8 rings (SSSR count). The molecule has 4 heterocycles. The molecule has 2 aromatic heterocycles. The smallest absolute Gasteiger partial charge is 0.416 e. The molecule has 66 heavy (non-hydrogen) atoms. The van der Waals surface area contributed by atoms with Crippen LogP contribution in [-0.4, -0.2) is 86.9 Å². The number of allylic oxidation sites excluding steroid dienone is 1. The lowest BCUT2D eigenvalue weighted by Gasteiger charge is -2.31. The van der Waals surface area contributed by atoms with Gasteiger partial charge >= 0.3 is 12.3 Å². The van der Waals surface area contributed by atoms with E-state index < -0.39 is 72.6 Å². The van der Waals surface area contributed by atoms with E-state index in [1.54, 1.807) is 37.5 Å². The number of alkyl halides is 3. The summed E-state index contributed by atoms with van der Waals surface area (Å²) in [6.45, 7) is 3.91. The van der Waals surface area contributed by atoms with Crippen molar-refractivity contribution >= 4 is 52.6 Å². The Morgan fingerprint density at radius 3 is 2.56 bits per heavy atom. The van der Waals surface area contributed by atoms with Gasteiger partial charge in [-0.3, -0.25) is 14.2 Å². The van der Waals surface area contributed by atoms with Crippen molar-refractivity contribution in [1.82, 2.24) is 25.5 Å². The average molecular weight is 953 g/mol. The Balaban J connectivity index is 1.14. The van der Waals surface area contributed by atoms with Crippen LogP contribution >= 0.6 is 18.7 Å². The highest BCUT2D eigenvalue weighted by Crippen LogP contribution is 2.71. The number of carbonyl (C=O) groups is 3. The Labute approximate surface area is 385 Å². The molecule has 0 spiro atoms. The number of anilines is 1. The highest BCUT2D eigenvalue weighted by Gasteiger charge is 2.66. The standard InChI is InChI=1S/C47H56F3N6O8PS/c1-28(2)51-44-53-39(27-66-44)38-23-41(34-20-19-32(62-3)21-37(34)52-38)63-33-22-40-42(57)55-46(65(60,61)26-29-13-9-12-17-35(29)47(48,49)50)24-30(46)14-7-5-4-6-8-18-36(43(58)56(40)25-33)54-45(59)64-31-15-10-11-16-31/h7,9,12-14,17,19-21,23,27-28,30-31,33,36,40H,4-6,8,10-11,15-16,18,22,24-26H2,1-3H3,(H,51,53)(H,54,59)(H,55,57)(H,60,61)/t30-,33-,36+,40+,46+/m1/s1. The van der Waals surface area contributed by atoms with Crippen molar-refractivity contribution in [3.8, 4) is 22.9 Å². The maximum atomic E-state index is 14.9. The van der Waals surface area contributed by atoms with E-state index in [9.17, 15) is 37.0 Å². The number of nitrogens with one attached hydrogen (secondary N) is 3. The van der Waals surface area contributed by atoms with E-state index in [0.29, 0.717) is 64.6 Å². The van der Waals surface area contributed by atoms with Crippen LogP contribution in [0.2, 0.25) is 0 Å². The zero-order valence-corrected chi connectivity index (χ0v) is 38.9. The van der Waals surface area contributed by atoms with E-state index in [4.69, 9.17) is 24.2 Å². The fourth-order valence-corrected chi connectivity index (χ4v) is 12.6. The van der Waals surface area contributed by atoms with Crippen LogP contribution in [0.3, 0.4) is 0 Å². The Morgan fingerprint density at radius 1 is 1.03 bits per heavy atom. The Kier molecular flexibility index (Phi) is 14.0. The lowest BCUT2D eigenvalue weighted by molar-refractivity contribution is -0.140. The van der Waals surface area contributed by atoms with Crippen molar-refractivity contribution in [2.45, 2.75) is 132 Å². The molecule has 14 nitrogen and oxygen atoms in total. The van der Waals surface area contributed by atoms with Crippen LogP contribution in [0.5, 0.6) is 11.5 Å². The molecule has 354 valence electrons. The molecule has 4 aromatic rings. The van der Waals surface area contributed by atoms with Gasteiger partial charge in [-0.1, -0.05) is 43.2 Å². The third kappa shape index (κ3) is 10.5. The van der Waals surface area contributed by atoms with E-state index in [1.807, 2.05) is 25.3 Å². The largest absolute Gasteiger partial charge is 0.497 e. The second-order valence-electron chi connectivity index (χ2n) is 18.0. The maximum Gasteiger partial charge on any atom is 0.416 e. The van der Waals surface area contributed by atoms with Crippen LogP contribution in [-0.2, 0) is 31.2 Å². The molecule has 2 aromatic carbocycles. The van der Waals surface area contributed by atoms with Gasteiger partial charge < -0.3 is 40.0 Å². The van der Waals surface area contributed by atoms with Crippen LogP contribution in [0, 0.1) is 5.92 Å². The van der Waals surface area contributed by atoms with Gasteiger partial charge in [0.05, 0.1) is 36.6 Å². The Hall–Kier alpha value is -5.19. The summed E-state index contributed by atoms with van der Waals surface area (Å²) in [6.07, 6.45) is 2.28. The zero-order chi connectivity index (χ0) is 46.8. The lowest BCUT2D eigenvalue weighted by atomic mass is 10.0. The van der Waals surface area contributed by atoms with Crippen LogP contribution in [0.1, 0.15) is 95.6 Å². The molecule has 19 heteroatoms. The van der Waals surface area contributed by atoms with Gasteiger partial charge in [0.2, 0.25) is 19.2 Å². The minimum Gasteiger partial charge on any atom is -0.497 e. The zero-order valence-electron chi connectivity index (χ0n) is 37.1. The molecule has 3 amide bonds. The lowest BCUT2D eigenvalue weighted by Crippen LogP contribution is -2.55. The molecule has 0 bridgehead atoms. The van der Waals surface area contributed by atoms with E-state index in [2.05, 4.69) is 16.0 Å². The van der Waals surface area contributed by atoms with Crippen LogP contribution in [0.25, 0.3) is 22.3 Å². The number of aromatic nitrogens is 2. The Bertz CT molecular complexity index is 2520. The molecule has 4 aliphatic rings. The van der Waals surface area contributed by atoms with Crippen molar-refractivity contribution in [1.29, 1.82) is 0 Å². The average Bonchev–Trinajstić information content (AvgIpc) is 3.68. The van der Waals surface area contributed by atoms with E-state index >= 15 is 0 Å². The summed E-state index contributed by atoms with van der Waals surface area (Å²) in [5.74, 6) is -1.01. The SMILES string of the molecule is COc1ccc2c(O[C@@H]3C[C@H]4C(=O)N[C@]5(P(=O)(O)Cc6ccccc6C(F)(F)F)C[C@H]5C=CCCCCC[C@H](NC(=O)OC5CCCC5)C(=O)N4C3)cc(-c3csc(NC(C)C)n3)nc2c1. The number of thiazole rings is 1. The first-order valence-corrected chi connectivity index (χ1v) is 25.4. The first kappa shape index (κ1) is 47.3. The number of halogens is 3. The quantitative estimate of drug-likeness (QED) is 0.0831. The second kappa shape index (κ2) is 19.6. The predicted molar refractivity (Wildman–Crippen MR) is 245 cm³/mol. The predicted octanol–water partition coefficient (Wildman–Crippen LogP) is 9.42. The number of amides is 3. The second-order valence-corrected chi connectivity index (χ2v) is 21.4. The van der Waals surface area contributed by atoms with E-state index in [-0.39, 0.29) is 43.5 Å². The van der Waals surface area contributed by atoms with E-state index in [0.717, 1.165) is 31.7 Å². The molecule has 6 atom stereocenters. The van der Waals surface area contributed by atoms with Gasteiger partial charge in [0, 0.05) is 41.3 Å². The van der Waals surface area contributed by atoms with Gasteiger partial charge in [-0.25, -0.2) is 14.8 Å². The molecule has 0 radical (unpaired) electrons. The van der Waals surface area contributed by atoms with Gasteiger partial charge in [-0.2, -0.15) is 13.2 Å². The number of nitrogens with zero attached hydrogens (tertiary/aromatic N) is 3. The minimum absolute atomic E-state index is 0.00918. The van der Waals surface area contributed by atoms with Crippen molar-refractivity contribution < 1.29 is 51.2 Å². The minimum atomic E-state index is -4.78. The molecule has 2 saturated carbocycles. The summed E-state index contributed by atoms with van der Waals surface area (Å²) >= 11 is 1.43. The van der Waals surface area contributed by atoms with Crippen molar-refractivity contribution in [3.05, 3.63) is 77.2 Å². The number of rotatable bonds is 11. The third-order valence-electron chi connectivity index (χ3n) is 12.9. The molecule has 1 saturated heterocycles. The molecular formula is C47H56F3N6O8PS. The van der Waals surface area contributed by atoms with Crippen molar-refractivity contribution in [2.24, 2.45) is 5.92 Å². The van der Waals surface area contributed by atoms with E-state index in [1.165, 1.54) is 34.4 Å². The third-order valence-corrected chi connectivity index (χ3v) is 16.3. The summed E-state index contributed by atoms with van der Waals surface area (Å²) in [4.78, 5) is 66.0. The van der Waals surface area contributed by atoms with Gasteiger partial charge in [0.1, 0.15) is 46.8 Å². The van der Waals surface area contributed by atoms with Crippen LogP contribution in [0.15, 0.2) is 66.1 Å². The summed E-state index contributed by atoms with van der Waals surface area (Å²) in [7, 11) is -3.11. The molecule has 1 unspecified atom stereocenters. The number of alkyl carbamates (subject to hydrolysis) is 1. The summed E-state index contributed by atoms with van der Waals surface area (Å²) in [6, 6.07) is 9.53. The molecule has 2 aliphatic heterocycles. The normalized spacial score (nSPS) is 25.0. The molecule has 3 fully saturated rings. The highest BCUT2D eigenvalue weighted by molar-refractivity contribution is 7.59. The molecule has 2 aliphatic carbocycles. The maximum absolute atomic E-state index is 14.9. The first-order chi connectivity index (χ1) is 31.5. The number of hydrogen-bond donors (Lipinski definition) is 4.